The monoisotopic (exact) mass is 398 g/mol. The Balaban J connectivity index is 1.63. The molecular weight excluding hydrogens is 368 g/mol. The molecule has 1 N–H and O–H groups in total. The molecule has 1 heterocycles. The molecule has 150 valence electrons. The Bertz CT molecular complexity index is 730. The van der Waals surface area contributed by atoms with Crippen LogP contribution < -0.4 is 10.1 Å². The minimum absolute atomic E-state index is 0.0874. The second kappa shape index (κ2) is 10.5. The van der Waals surface area contributed by atoms with Gasteiger partial charge in [-0.15, -0.1) is 11.8 Å². The lowest BCUT2D eigenvalue weighted by Gasteiger charge is -2.35. The van der Waals surface area contributed by atoms with E-state index in [4.69, 9.17) is 4.74 Å². The van der Waals surface area contributed by atoms with Crippen molar-refractivity contribution in [1.82, 2.24) is 10.2 Å². The van der Waals surface area contributed by atoms with Crippen LogP contribution in [0, 0.1) is 0 Å². The fourth-order valence-corrected chi connectivity index (χ4v) is 4.52. The molecule has 28 heavy (non-hydrogen) atoms. The van der Waals surface area contributed by atoms with Crippen LogP contribution in [0.2, 0.25) is 0 Å². The summed E-state index contributed by atoms with van der Waals surface area (Å²) in [5.41, 5.74) is 1.23. The molecule has 1 aliphatic heterocycles. The molecule has 1 saturated heterocycles. The van der Waals surface area contributed by atoms with Crippen LogP contribution in [0.25, 0.3) is 0 Å². The van der Waals surface area contributed by atoms with Crippen molar-refractivity contribution >= 4 is 17.7 Å². The Hall–Kier alpha value is -1.98. The number of likely N-dealkylation sites (tertiary alicyclic amines) is 1. The molecule has 0 spiro atoms. The molecule has 1 fully saturated rings. The van der Waals surface area contributed by atoms with E-state index >= 15 is 0 Å². The number of piperidine rings is 1. The average Bonchev–Trinajstić information content (AvgIpc) is 2.75. The first-order valence-electron chi connectivity index (χ1n) is 10.0. The highest BCUT2D eigenvalue weighted by molar-refractivity contribution is 8.00. The SMILES string of the molecule is COc1ccc(C(CNC(=O)C(C)Sc2ccccc2)N2CCCCC2)cc1. The number of ether oxygens (including phenoxy) is 1. The predicted octanol–water partition coefficient (Wildman–Crippen LogP) is 4.52. The van der Waals surface area contributed by atoms with Crippen LogP contribution in [0.15, 0.2) is 59.5 Å². The molecule has 2 aromatic rings. The van der Waals surface area contributed by atoms with E-state index in [1.165, 1.54) is 24.8 Å². The first kappa shape index (κ1) is 20.7. The molecule has 1 amide bonds. The first-order valence-corrected chi connectivity index (χ1v) is 10.9. The quantitative estimate of drug-likeness (QED) is 0.664. The van der Waals surface area contributed by atoms with Gasteiger partial charge in [-0.1, -0.05) is 36.8 Å². The Morgan fingerprint density at radius 1 is 1.07 bits per heavy atom. The van der Waals surface area contributed by atoms with Gasteiger partial charge in [-0.3, -0.25) is 9.69 Å². The van der Waals surface area contributed by atoms with Gasteiger partial charge in [-0.2, -0.15) is 0 Å². The van der Waals surface area contributed by atoms with Crippen molar-refractivity contribution in [3.05, 3.63) is 60.2 Å². The second-order valence-corrected chi connectivity index (χ2v) is 8.62. The number of nitrogens with zero attached hydrogens (tertiary/aromatic N) is 1. The summed E-state index contributed by atoms with van der Waals surface area (Å²) in [5.74, 6) is 0.947. The van der Waals surface area contributed by atoms with Crippen molar-refractivity contribution in [2.75, 3.05) is 26.7 Å². The van der Waals surface area contributed by atoms with Crippen LogP contribution in [0.5, 0.6) is 5.75 Å². The lowest BCUT2D eigenvalue weighted by atomic mass is 10.0. The molecule has 0 bridgehead atoms. The predicted molar refractivity (Wildman–Crippen MR) is 116 cm³/mol. The zero-order valence-corrected chi connectivity index (χ0v) is 17.6. The third-order valence-electron chi connectivity index (χ3n) is 5.23. The molecule has 2 atom stereocenters. The summed E-state index contributed by atoms with van der Waals surface area (Å²) in [6.07, 6.45) is 3.74. The van der Waals surface area contributed by atoms with Gasteiger partial charge in [0.25, 0.3) is 0 Å². The van der Waals surface area contributed by atoms with Crippen molar-refractivity contribution in [1.29, 1.82) is 0 Å². The lowest BCUT2D eigenvalue weighted by molar-refractivity contribution is -0.120. The third-order valence-corrected chi connectivity index (χ3v) is 6.34. The largest absolute Gasteiger partial charge is 0.497 e. The molecular formula is C23H30N2O2S. The van der Waals surface area contributed by atoms with Crippen LogP contribution in [-0.2, 0) is 4.79 Å². The molecule has 2 aromatic carbocycles. The van der Waals surface area contributed by atoms with E-state index in [-0.39, 0.29) is 17.2 Å². The summed E-state index contributed by atoms with van der Waals surface area (Å²) in [4.78, 5) is 16.3. The fourth-order valence-electron chi connectivity index (χ4n) is 3.61. The molecule has 0 aromatic heterocycles. The number of hydrogen-bond donors (Lipinski definition) is 1. The van der Waals surface area contributed by atoms with E-state index in [0.717, 1.165) is 23.7 Å². The zero-order chi connectivity index (χ0) is 19.8. The van der Waals surface area contributed by atoms with Gasteiger partial charge in [0, 0.05) is 11.4 Å². The number of carbonyl (C=O) groups is 1. The van der Waals surface area contributed by atoms with E-state index in [0.29, 0.717) is 6.54 Å². The third kappa shape index (κ3) is 5.76. The normalized spacial score (nSPS) is 16.9. The van der Waals surface area contributed by atoms with Crippen molar-refractivity contribution < 1.29 is 9.53 Å². The van der Waals surface area contributed by atoms with E-state index in [9.17, 15) is 4.79 Å². The van der Waals surface area contributed by atoms with Crippen LogP contribution in [0.1, 0.15) is 37.8 Å². The highest BCUT2D eigenvalue weighted by atomic mass is 32.2. The van der Waals surface area contributed by atoms with Gasteiger partial charge in [0.1, 0.15) is 5.75 Å². The smallest absolute Gasteiger partial charge is 0.233 e. The minimum atomic E-state index is -0.125. The number of thioether (sulfide) groups is 1. The standard InChI is InChI=1S/C23H30N2O2S/c1-18(28-21-9-5-3-6-10-21)23(26)24-17-22(25-15-7-4-8-16-25)19-11-13-20(27-2)14-12-19/h3,5-6,9-14,18,22H,4,7-8,15-17H2,1-2H3,(H,24,26). The lowest BCUT2D eigenvalue weighted by Crippen LogP contribution is -2.42. The number of amides is 1. The zero-order valence-electron chi connectivity index (χ0n) is 16.8. The molecule has 1 aliphatic rings. The minimum Gasteiger partial charge on any atom is -0.497 e. The van der Waals surface area contributed by atoms with Crippen LogP contribution in [-0.4, -0.2) is 42.8 Å². The van der Waals surface area contributed by atoms with Crippen molar-refractivity contribution in [3.8, 4) is 5.75 Å². The Morgan fingerprint density at radius 2 is 1.75 bits per heavy atom. The number of benzene rings is 2. The summed E-state index contributed by atoms with van der Waals surface area (Å²) < 4.78 is 5.29. The van der Waals surface area contributed by atoms with E-state index < -0.39 is 0 Å². The van der Waals surface area contributed by atoms with Crippen LogP contribution >= 0.6 is 11.8 Å². The molecule has 4 nitrogen and oxygen atoms in total. The molecule has 0 radical (unpaired) electrons. The molecule has 2 unspecified atom stereocenters. The summed E-state index contributed by atoms with van der Waals surface area (Å²) in [6, 6.07) is 18.5. The highest BCUT2D eigenvalue weighted by Crippen LogP contribution is 2.27. The second-order valence-electron chi connectivity index (χ2n) is 7.20. The van der Waals surface area contributed by atoms with Gasteiger partial charge >= 0.3 is 0 Å². The van der Waals surface area contributed by atoms with Gasteiger partial charge < -0.3 is 10.1 Å². The van der Waals surface area contributed by atoms with E-state index in [1.807, 2.05) is 49.4 Å². The summed E-state index contributed by atoms with van der Waals surface area (Å²) in [6.45, 7) is 4.77. The van der Waals surface area contributed by atoms with E-state index in [1.54, 1.807) is 18.9 Å². The Morgan fingerprint density at radius 3 is 2.39 bits per heavy atom. The van der Waals surface area contributed by atoms with E-state index in [2.05, 4.69) is 22.3 Å². The van der Waals surface area contributed by atoms with Gasteiger partial charge in [0.05, 0.1) is 18.4 Å². The number of hydrogen-bond acceptors (Lipinski definition) is 4. The van der Waals surface area contributed by atoms with Crippen molar-refractivity contribution in [2.45, 2.75) is 42.4 Å². The Labute approximate surface area is 172 Å². The summed E-state index contributed by atoms with van der Waals surface area (Å²) >= 11 is 1.60. The number of carbonyl (C=O) groups excluding carboxylic acids is 1. The van der Waals surface area contributed by atoms with Crippen LogP contribution in [0.3, 0.4) is 0 Å². The average molecular weight is 399 g/mol. The van der Waals surface area contributed by atoms with Gasteiger partial charge in [0.15, 0.2) is 0 Å². The molecule has 0 saturated carbocycles. The number of nitrogens with one attached hydrogen (secondary N) is 1. The molecule has 0 aliphatic carbocycles. The fraction of sp³-hybridized carbons (Fsp3) is 0.435. The maximum Gasteiger partial charge on any atom is 0.233 e. The van der Waals surface area contributed by atoms with Crippen molar-refractivity contribution in [2.24, 2.45) is 0 Å². The maximum absolute atomic E-state index is 12.7. The van der Waals surface area contributed by atoms with Crippen molar-refractivity contribution in [3.63, 3.8) is 0 Å². The number of methoxy groups -OCH3 is 1. The van der Waals surface area contributed by atoms with Gasteiger partial charge in [-0.05, 0) is 62.7 Å². The maximum atomic E-state index is 12.7. The van der Waals surface area contributed by atoms with Gasteiger partial charge in [0.2, 0.25) is 5.91 Å². The topological polar surface area (TPSA) is 41.6 Å². The number of rotatable bonds is 8. The highest BCUT2D eigenvalue weighted by Gasteiger charge is 2.24. The summed E-state index contributed by atoms with van der Waals surface area (Å²) in [7, 11) is 1.68. The van der Waals surface area contributed by atoms with Gasteiger partial charge in [-0.25, -0.2) is 0 Å². The molecule has 3 rings (SSSR count). The molecule has 5 heteroatoms. The summed E-state index contributed by atoms with van der Waals surface area (Å²) in [5, 5.41) is 3.07. The first-order chi connectivity index (χ1) is 13.7. The Kier molecular flexibility index (Phi) is 7.80. The van der Waals surface area contributed by atoms with Crippen LogP contribution in [0.4, 0.5) is 0 Å².